The van der Waals surface area contributed by atoms with Gasteiger partial charge < -0.3 is 52.1 Å². The molecule has 1 fully saturated rings. The molecule has 7 amide bonds. The van der Waals surface area contributed by atoms with Gasteiger partial charge in [-0.1, -0.05) is 74.9 Å². The molecule has 1 aliphatic rings. The lowest BCUT2D eigenvalue weighted by Gasteiger charge is -2.32. The number of amides is 7. The van der Waals surface area contributed by atoms with Gasteiger partial charge in [0.15, 0.2) is 0 Å². The average Bonchev–Trinajstić information content (AvgIpc) is 3.25. The summed E-state index contributed by atoms with van der Waals surface area (Å²) >= 11 is 0. The maximum Gasteiger partial charge on any atom is 0.326 e. The highest BCUT2D eigenvalue weighted by Crippen LogP contribution is 2.17. The largest absolute Gasteiger partial charge is 0.508 e. The highest BCUT2D eigenvalue weighted by atomic mass is 16.4. The lowest BCUT2D eigenvalue weighted by atomic mass is 9.96. The van der Waals surface area contributed by atoms with Gasteiger partial charge in [0, 0.05) is 26.4 Å². The Morgan fingerprint density at radius 1 is 0.774 bits per heavy atom. The van der Waals surface area contributed by atoms with Crippen LogP contribution in [0.3, 0.4) is 0 Å². The van der Waals surface area contributed by atoms with Crippen molar-refractivity contribution < 1.29 is 48.9 Å². The fourth-order valence-corrected chi connectivity index (χ4v) is 6.92. The van der Waals surface area contributed by atoms with E-state index in [0.717, 1.165) is 11.1 Å². The summed E-state index contributed by atoms with van der Waals surface area (Å²) in [6, 6.07) is 13.2. The molecule has 17 heteroatoms. The van der Waals surface area contributed by atoms with E-state index in [2.05, 4.69) is 31.9 Å². The van der Waals surface area contributed by atoms with Gasteiger partial charge in [-0.05, 0) is 85.9 Å². The first kappa shape index (κ1) is 48.0. The van der Waals surface area contributed by atoms with Crippen molar-refractivity contribution in [3.05, 3.63) is 95.6 Å². The van der Waals surface area contributed by atoms with Crippen LogP contribution in [-0.4, -0.2) is 112 Å². The van der Waals surface area contributed by atoms with Crippen molar-refractivity contribution in [3.8, 4) is 11.5 Å². The maximum absolute atomic E-state index is 14.3. The highest BCUT2D eigenvalue weighted by molar-refractivity contribution is 5.96. The highest BCUT2D eigenvalue weighted by Gasteiger charge is 2.36. The number of nitrogens with zero attached hydrogens (tertiary/aromatic N) is 1. The normalized spacial score (nSPS) is 22.0. The number of aliphatic carboxylic acids is 1. The molecule has 9 N–H and O–H groups in total. The summed E-state index contributed by atoms with van der Waals surface area (Å²) in [6.07, 6.45) is 1.49. The number of phenolic OH excluding ortho intramolecular Hbond substituents is 2. The molecular formula is C45H59N7O10. The molecule has 0 unspecified atom stereocenters. The van der Waals surface area contributed by atoms with Gasteiger partial charge in [-0.25, -0.2) is 9.59 Å². The third-order valence-corrected chi connectivity index (χ3v) is 11.1. The quantitative estimate of drug-likeness (QED) is 0.129. The molecule has 0 radical (unpaired) electrons. The Morgan fingerprint density at radius 3 is 2.00 bits per heavy atom. The smallest absolute Gasteiger partial charge is 0.326 e. The second-order valence-corrected chi connectivity index (χ2v) is 15.7. The zero-order valence-corrected chi connectivity index (χ0v) is 35.6. The third-order valence-electron chi connectivity index (χ3n) is 11.1. The van der Waals surface area contributed by atoms with Gasteiger partial charge in [-0.2, -0.15) is 0 Å². The van der Waals surface area contributed by atoms with Crippen LogP contribution in [0.4, 0.5) is 4.79 Å². The van der Waals surface area contributed by atoms with E-state index >= 15 is 0 Å². The van der Waals surface area contributed by atoms with E-state index in [0.29, 0.717) is 24.8 Å². The van der Waals surface area contributed by atoms with Crippen LogP contribution in [0.1, 0.15) is 69.6 Å². The van der Waals surface area contributed by atoms with Gasteiger partial charge in [0.1, 0.15) is 47.8 Å². The molecule has 334 valence electrons. The van der Waals surface area contributed by atoms with Crippen molar-refractivity contribution in [2.75, 3.05) is 13.6 Å². The van der Waals surface area contributed by atoms with E-state index in [1.54, 1.807) is 19.1 Å². The Kier molecular flexibility index (Phi) is 18.1. The van der Waals surface area contributed by atoms with Gasteiger partial charge in [0.2, 0.25) is 29.5 Å². The number of nitrogens with one attached hydrogen (secondary N) is 6. The molecule has 1 heterocycles. The molecule has 1 saturated heterocycles. The monoisotopic (exact) mass is 857 g/mol. The van der Waals surface area contributed by atoms with Gasteiger partial charge in [-0.3, -0.25) is 24.0 Å². The van der Waals surface area contributed by atoms with E-state index in [1.165, 1.54) is 55.3 Å². The van der Waals surface area contributed by atoms with Crippen molar-refractivity contribution in [2.24, 2.45) is 5.92 Å². The third kappa shape index (κ3) is 14.5. The average molecular weight is 858 g/mol. The summed E-state index contributed by atoms with van der Waals surface area (Å²) in [4.78, 5) is 96.7. The van der Waals surface area contributed by atoms with Crippen molar-refractivity contribution in [3.63, 3.8) is 0 Å². The molecule has 0 bridgehead atoms. The Balaban J connectivity index is 1.65. The number of aryl methyl sites for hydroxylation is 1. The number of carboxylic acid groups (broad SMARTS) is 1. The Labute approximate surface area is 361 Å². The Hall–Kier alpha value is -6.65. The number of likely N-dealkylation sites (N-methyl/N-ethyl adjacent to an activating group) is 1. The van der Waals surface area contributed by atoms with Crippen molar-refractivity contribution >= 4 is 41.5 Å². The molecule has 7 atom stereocenters. The Bertz CT molecular complexity index is 2000. The molecule has 3 aromatic carbocycles. The summed E-state index contributed by atoms with van der Waals surface area (Å²) in [7, 11) is 1.43. The number of hydrogen-bond acceptors (Lipinski definition) is 9. The number of carboxylic acids is 1. The van der Waals surface area contributed by atoms with Crippen LogP contribution >= 0.6 is 0 Å². The predicted molar refractivity (Wildman–Crippen MR) is 230 cm³/mol. The molecule has 0 aliphatic carbocycles. The molecule has 3 aromatic rings. The number of carbonyl (C=O) groups excluding carboxylic acids is 6. The Morgan fingerprint density at radius 2 is 1.39 bits per heavy atom. The molecule has 62 heavy (non-hydrogen) atoms. The van der Waals surface area contributed by atoms with E-state index in [-0.39, 0.29) is 50.1 Å². The lowest BCUT2D eigenvalue weighted by Crippen LogP contribution is -2.60. The second kappa shape index (κ2) is 23.4. The summed E-state index contributed by atoms with van der Waals surface area (Å²) in [5.74, 6) is -4.84. The van der Waals surface area contributed by atoms with E-state index in [4.69, 9.17) is 0 Å². The van der Waals surface area contributed by atoms with E-state index in [1.807, 2.05) is 37.3 Å². The number of urea groups is 1. The van der Waals surface area contributed by atoms with Crippen molar-refractivity contribution in [2.45, 2.75) is 108 Å². The van der Waals surface area contributed by atoms with Crippen molar-refractivity contribution in [1.29, 1.82) is 0 Å². The molecule has 1 aliphatic heterocycles. The fraction of sp³-hybridized carbons (Fsp3) is 0.444. The topological polar surface area (TPSA) is 256 Å². The first-order valence-electron chi connectivity index (χ1n) is 20.9. The van der Waals surface area contributed by atoms with Crippen molar-refractivity contribution in [1.82, 2.24) is 36.8 Å². The zero-order chi connectivity index (χ0) is 45.3. The van der Waals surface area contributed by atoms with Crippen LogP contribution in [0.15, 0.2) is 78.9 Å². The molecular weight excluding hydrogens is 799 g/mol. The molecule has 0 saturated carbocycles. The minimum atomic E-state index is -1.40. The van der Waals surface area contributed by atoms with Crippen LogP contribution in [0.5, 0.6) is 11.5 Å². The summed E-state index contributed by atoms with van der Waals surface area (Å²) in [5, 5.41) is 45.6. The van der Waals surface area contributed by atoms with Crippen LogP contribution in [0, 0.1) is 5.92 Å². The van der Waals surface area contributed by atoms with Gasteiger partial charge >= 0.3 is 12.0 Å². The maximum atomic E-state index is 14.3. The predicted octanol–water partition coefficient (Wildman–Crippen LogP) is 2.28. The molecule has 4 rings (SSSR count). The van der Waals surface area contributed by atoms with E-state index < -0.39 is 83.7 Å². The summed E-state index contributed by atoms with van der Waals surface area (Å²) < 4.78 is 0. The van der Waals surface area contributed by atoms with Gasteiger partial charge in [-0.15, -0.1) is 0 Å². The minimum absolute atomic E-state index is 0.0141. The first-order valence-corrected chi connectivity index (χ1v) is 20.9. The summed E-state index contributed by atoms with van der Waals surface area (Å²) in [6.45, 7) is 5.23. The minimum Gasteiger partial charge on any atom is -0.508 e. The number of benzene rings is 3. The van der Waals surface area contributed by atoms with E-state index in [9.17, 15) is 48.9 Å². The first-order chi connectivity index (χ1) is 29.6. The number of aromatic hydroxyl groups is 2. The SMILES string of the molecule is CC[C@H](C)[C@@H]1NC(=O)[C@H](NC(=O)N[C@@H](Cc2ccc(O)cc2)C(=O)O)CCCCNC(=O)[C@H](Cc2ccccc2)NC(=O)[C@@H](C)N(C)C(=O)[C@H](CCc2ccc(O)cc2)NC1=O. The van der Waals surface area contributed by atoms with Crippen LogP contribution in [0.25, 0.3) is 0 Å². The fourth-order valence-electron chi connectivity index (χ4n) is 6.92. The van der Waals surface area contributed by atoms with Gasteiger partial charge in [0.25, 0.3) is 0 Å². The van der Waals surface area contributed by atoms with Crippen LogP contribution in [-0.2, 0) is 48.0 Å². The number of carbonyl (C=O) groups is 7. The number of rotatable bonds is 12. The van der Waals surface area contributed by atoms with Crippen LogP contribution in [0.2, 0.25) is 0 Å². The number of hydrogen-bond donors (Lipinski definition) is 9. The molecule has 0 aromatic heterocycles. The number of phenols is 2. The molecule has 0 spiro atoms. The summed E-state index contributed by atoms with van der Waals surface area (Å²) in [5.41, 5.74) is 2.06. The van der Waals surface area contributed by atoms with Crippen LogP contribution < -0.4 is 31.9 Å². The zero-order valence-electron chi connectivity index (χ0n) is 35.6. The second-order valence-electron chi connectivity index (χ2n) is 15.7. The lowest BCUT2D eigenvalue weighted by molar-refractivity contribution is -0.142. The standard InChI is InChI=1S/C45H59N7O10/c1-5-27(2)38-42(58)47-35(23-18-29-14-19-32(53)20-15-29)43(59)52(4)28(3)39(55)48-36(25-30-11-7-6-8-12-30)40(56)46-24-10-9-13-34(41(57)51-38)49-45(62)50-37(44(60)61)26-31-16-21-33(54)22-17-31/h6-8,11-12,14-17,19-22,27-28,34-38,53-54H,5,9-10,13,18,23-26H2,1-4H3,(H,46,56)(H,47,58)(H,48,55)(H,51,57)(H,60,61)(H2,49,50,62)/t27-,28+,34+,35-,36-,37-,38-/m0/s1. The molecule has 17 nitrogen and oxygen atoms in total. The van der Waals surface area contributed by atoms with Gasteiger partial charge in [0.05, 0.1) is 0 Å².